The molecule has 3 nitrogen and oxygen atoms in total. The first-order valence-electron chi connectivity index (χ1n) is 5.32. The molecule has 0 unspecified atom stereocenters. The van der Waals surface area contributed by atoms with Crippen LogP contribution in [0, 0.1) is 0 Å². The average molecular weight is 232 g/mol. The first-order valence-corrected chi connectivity index (χ1v) is 5.32. The first kappa shape index (κ1) is 14.8. The van der Waals surface area contributed by atoms with E-state index in [2.05, 4.69) is 13.2 Å². The Morgan fingerprint density at radius 3 is 2.29 bits per heavy atom. The van der Waals surface area contributed by atoms with E-state index in [-0.39, 0.29) is 0 Å². The Hall–Kier alpha value is -2.16. The van der Waals surface area contributed by atoms with Crippen molar-refractivity contribution in [2.75, 3.05) is 12.3 Å². The fraction of sp³-hybridized carbons (Fsp3) is 0.143. The molecule has 0 aliphatic rings. The SMILES string of the molecule is C=C/C=C\C(=C)N.CCOc1ccc(N)cc1. The number of hydrogen-bond acceptors (Lipinski definition) is 3. The summed E-state index contributed by atoms with van der Waals surface area (Å²) in [5.74, 6) is 0.872. The minimum absolute atomic E-state index is 0.555. The van der Waals surface area contributed by atoms with Crippen LogP contribution >= 0.6 is 0 Å². The molecule has 0 aliphatic carbocycles. The zero-order valence-electron chi connectivity index (χ0n) is 10.2. The van der Waals surface area contributed by atoms with Crippen molar-refractivity contribution in [2.45, 2.75) is 6.92 Å². The molecule has 0 aromatic heterocycles. The summed E-state index contributed by atoms with van der Waals surface area (Å²) in [5, 5.41) is 0. The fourth-order valence-corrected chi connectivity index (χ4v) is 0.922. The van der Waals surface area contributed by atoms with Crippen molar-refractivity contribution in [3.63, 3.8) is 0 Å². The van der Waals surface area contributed by atoms with Gasteiger partial charge in [0.1, 0.15) is 5.75 Å². The number of ether oxygens (including phenoxy) is 1. The number of allylic oxidation sites excluding steroid dienone is 3. The molecule has 0 heterocycles. The molecule has 92 valence electrons. The summed E-state index contributed by atoms with van der Waals surface area (Å²) in [5.41, 5.74) is 11.9. The summed E-state index contributed by atoms with van der Waals surface area (Å²) in [4.78, 5) is 0. The van der Waals surface area contributed by atoms with Crippen molar-refractivity contribution in [1.29, 1.82) is 0 Å². The van der Waals surface area contributed by atoms with Gasteiger partial charge >= 0.3 is 0 Å². The van der Waals surface area contributed by atoms with Gasteiger partial charge in [0.05, 0.1) is 6.61 Å². The second kappa shape index (κ2) is 9.09. The standard InChI is InChI=1S/C8H11NO.C6H9N/c1-2-10-8-5-3-7(9)4-6-8;1-3-4-5-6(2)7/h3-6H,2,9H2,1H3;3-5H,1-2,7H2/b;5-4-. The van der Waals surface area contributed by atoms with E-state index in [0.717, 1.165) is 11.4 Å². The van der Waals surface area contributed by atoms with E-state index in [4.69, 9.17) is 16.2 Å². The highest BCUT2D eigenvalue weighted by atomic mass is 16.5. The molecule has 1 aromatic rings. The Balaban J connectivity index is 0.000000325. The van der Waals surface area contributed by atoms with Crippen molar-refractivity contribution < 1.29 is 4.74 Å². The van der Waals surface area contributed by atoms with Gasteiger partial charge in [0, 0.05) is 11.4 Å². The molecule has 0 bridgehead atoms. The molecule has 1 rings (SSSR count). The first-order chi connectivity index (χ1) is 8.10. The molecular weight excluding hydrogens is 212 g/mol. The summed E-state index contributed by atoms with van der Waals surface area (Å²) in [6.45, 7) is 9.54. The Labute approximate surface area is 103 Å². The lowest BCUT2D eigenvalue weighted by Crippen LogP contribution is -1.91. The van der Waals surface area contributed by atoms with E-state index in [9.17, 15) is 0 Å². The maximum atomic E-state index is 5.47. The van der Waals surface area contributed by atoms with Crippen molar-refractivity contribution >= 4 is 5.69 Å². The van der Waals surface area contributed by atoms with Crippen LogP contribution in [0.1, 0.15) is 6.92 Å². The average Bonchev–Trinajstić information content (AvgIpc) is 2.31. The molecule has 0 saturated carbocycles. The zero-order chi connectivity index (χ0) is 13.1. The van der Waals surface area contributed by atoms with E-state index < -0.39 is 0 Å². The predicted octanol–water partition coefficient (Wildman–Crippen LogP) is 2.87. The second-order valence-electron chi connectivity index (χ2n) is 3.17. The molecular formula is C14H20N2O. The number of nitrogen functional groups attached to an aromatic ring is 1. The van der Waals surface area contributed by atoms with Crippen LogP contribution in [0.3, 0.4) is 0 Å². The van der Waals surface area contributed by atoms with Crippen molar-refractivity contribution in [2.24, 2.45) is 5.73 Å². The molecule has 0 atom stereocenters. The van der Waals surface area contributed by atoms with E-state index >= 15 is 0 Å². The third-order valence-corrected chi connectivity index (χ3v) is 1.64. The van der Waals surface area contributed by atoms with Crippen LogP contribution in [-0.4, -0.2) is 6.61 Å². The minimum atomic E-state index is 0.555. The normalized spacial score (nSPS) is 9.24. The highest BCUT2D eigenvalue weighted by molar-refractivity contribution is 5.41. The quantitative estimate of drug-likeness (QED) is 0.620. The predicted molar refractivity (Wildman–Crippen MR) is 74.7 cm³/mol. The van der Waals surface area contributed by atoms with Gasteiger partial charge in [-0.1, -0.05) is 25.3 Å². The fourth-order valence-electron chi connectivity index (χ4n) is 0.922. The summed E-state index contributed by atoms with van der Waals surface area (Å²) >= 11 is 0. The van der Waals surface area contributed by atoms with Crippen molar-refractivity contribution in [3.8, 4) is 5.75 Å². The lowest BCUT2D eigenvalue weighted by molar-refractivity contribution is 0.340. The lowest BCUT2D eigenvalue weighted by Gasteiger charge is -2.01. The smallest absolute Gasteiger partial charge is 0.119 e. The van der Waals surface area contributed by atoms with E-state index in [1.807, 2.05) is 31.2 Å². The number of benzene rings is 1. The van der Waals surface area contributed by atoms with E-state index in [1.54, 1.807) is 18.2 Å². The molecule has 0 spiro atoms. The number of rotatable bonds is 4. The van der Waals surface area contributed by atoms with E-state index in [1.165, 1.54) is 0 Å². The third kappa shape index (κ3) is 8.81. The maximum Gasteiger partial charge on any atom is 0.119 e. The summed E-state index contributed by atoms with van der Waals surface area (Å²) in [6.07, 6.45) is 5.08. The van der Waals surface area contributed by atoms with Gasteiger partial charge in [-0.25, -0.2) is 0 Å². The molecule has 0 fully saturated rings. The highest BCUT2D eigenvalue weighted by Crippen LogP contribution is 2.12. The van der Waals surface area contributed by atoms with Gasteiger partial charge in [0.15, 0.2) is 0 Å². The van der Waals surface area contributed by atoms with Gasteiger partial charge in [0.2, 0.25) is 0 Å². The van der Waals surface area contributed by atoms with Crippen LogP contribution in [0.2, 0.25) is 0 Å². The van der Waals surface area contributed by atoms with Crippen molar-refractivity contribution in [1.82, 2.24) is 0 Å². The van der Waals surface area contributed by atoms with Gasteiger partial charge < -0.3 is 16.2 Å². The molecule has 0 saturated heterocycles. The molecule has 4 N–H and O–H groups in total. The summed E-state index contributed by atoms with van der Waals surface area (Å²) in [7, 11) is 0. The van der Waals surface area contributed by atoms with Gasteiger partial charge in [-0.3, -0.25) is 0 Å². The maximum absolute atomic E-state index is 5.47. The summed E-state index contributed by atoms with van der Waals surface area (Å²) < 4.78 is 5.21. The second-order valence-corrected chi connectivity index (χ2v) is 3.17. The van der Waals surface area contributed by atoms with Crippen LogP contribution in [0.5, 0.6) is 5.75 Å². The Kier molecular flexibility index (Phi) is 7.94. The minimum Gasteiger partial charge on any atom is -0.494 e. The topological polar surface area (TPSA) is 61.3 Å². The molecule has 0 radical (unpaired) electrons. The lowest BCUT2D eigenvalue weighted by atomic mass is 10.3. The van der Waals surface area contributed by atoms with Gasteiger partial charge in [-0.2, -0.15) is 0 Å². The number of nitrogens with two attached hydrogens (primary N) is 2. The van der Waals surface area contributed by atoms with Crippen LogP contribution < -0.4 is 16.2 Å². The third-order valence-electron chi connectivity index (χ3n) is 1.64. The number of anilines is 1. The monoisotopic (exact) mass is 232 g/mol. The Morgan fingerprint density at radius 1 is 1.35 bits per heavy atom. The molecule has 3 heteroatoms. The van der Waals surface area contributed by atoms with E-state index in [0.29, 0.717) is 12.3 Å². The molecule has 17 heavy (non-hydrogen) atoms. The Morgan fingerprint density at radius 2 is 1.94 bits per heavy atom. The molecule has 1 aromatic carbocycles. The van der Waals surface area contributed by atoms with Crippen LogP contribution in [-0.2, 0) is 0 Å². The van der Waals surface area contributed by atoms with Gasteiger partial charge in [-0.15, -0.1) is 0 Å². The zero-order valence-corrected chi connectivity index (χ0v) is 10.2. The van der Waals surface area contributed by atoms with Crippen molar-refractivity contribution in [3.05, 3.63) is 61.3 Å². The van der Waals surface area contributed by atoms with Crippen LogP contribution in [0.25, 0.3) is 0 Å². The largest absolute Gasteiger partial charge is 0.494 e. The molecule has 0 amide bonds. The Bertz CT molecular complexity index is 366. The number of hydrogen-bond donors (Lipinski definition) is 2. The molecule has 0 aliphatic heterocycles. The van der Waals surface area contributed by atoms with Gasteiger partial charge in [0.25, 0.3) is 0 Å². The van der Waals surface area contributed by atoms with Crippen LogP contribution in [0.4, 0.5) is 5.69 Å². The summed E-state index contributed by atoms with van der Waals surface area (Å²) in [6, 6.07) is 7.37. The highest BCUT2D eigenvalue weighted by Gasteiger charge is 1.88. The van der Waals surface area contributed by atoms with Gasteiger partial charge in [-0.05, 0) is 37.3 Å². The van der Waals surface area contributed by atoms with Crippen LogP contribution in [0.15, 0.2) is 61.3 Å².